The number of aromatic amines is 1. The SMILES string of the molecule is Cc1ccsc1CN(C)C(=O)c1n[nH]c(C2CC2)n1. The molecule has 0 radical (unpaired) electrons. The Kier molecular flexibility index (Phi) is 3.10. The van der Waals surface area contributed by atoms with Crippen molar-refractivity contribution in [2.75, 3.05) is 7.05 Å². The Morgan fingerprint density at radius 3 is 3.00 bits per heavy atom. The second-order valence-corrected chi connectivity index (χ2v) is 6.01. The van der Waals surface area contributed by atoms with Crippen molar-refractivity contribution in [2.24, 2.45) is 0 Å². The Labute approximate surface area is 115 Å². The van der Waals surface area contributed by atoms with Crippen molar-refractivity contribution in [3.8, 4) is 0 Å². The van der Waals surface area contributed by atoms with Crippen LogP contribution in [0, 0.1) is 6.92 Å². The highest BCUT2D eigenvalue weighted by molar-refractivity contribution is 7.10. The predicted octanol–water partition coefficient (Wildman–Crippen LogP) is 2.32. The first-order valence-electron chi connectivity index (χ1n) is 6.36. The molecule has 0 unspecified atom stereocenters. The van der Waals surface area contributed by atoms with Gasteiger partial charge in [0.1, 0.15) is 5.82 Å². The smallest absolute Gasteiger partial charge is 0.293 e. The Bertz CT molecular complexity index is 599. The fraction of sp³-hybridized carbons (Fsp3) is 0.462. The number of nitrogens with zero attached hydrogens (tertiary/aromatic N) is 3. The molecule has 3 rings (SSSR count). The van der Waals surface area contributed by atoms with E-state index >= 15 is 0 Å². The number of amides is 1. The molecule has 2 aromatic rings. The van der Waals surface area contributed by atoms with Gasteiger partial charge in [-0.05, 0) is 36.8 Å². The fourth-order valence-electron chi connectivity index (χ4n) is 1.93. The monoisotopic (exact) mass is 276 g/mol. The normalized spacial score (nSPS) is 14.6. The molecule has 5 nitrogen and oxygen atoms in total. The van der Waals surface area contributed by atoms with E-state index in [0.717, 1.165) is 18.7 Å². The third kappa shape index (κ3) is 2.53. The van der Waals surface area contributed by atoms with Gasteiger partial charge in [-0.2, -0.15) is 0 Å². The van der Waals surface area contributed by atoms with E-state index in [9.17, 15) is 4.79 Å². The standard InChI is InChI=1S/C13H16N4OS/c1-8-5-6-19-10(8)7-17(2)13(18)12-14-11(15-16-12)9-3-4-9/h5-6,9H,3-4,7H2,1-2H3,(H,14,15,16). The summed E-state index contributed by atoms with van der Waals surface area (Å²) >= 11 is 1.67. The lowest BCUT2D eigenvalue weighted by molar-refractivity contribution is 0.0774. The quantitative estimate of drug-likeness (QED) is 0.932. The summed E-state index contributed by atoms with van der Waals surface area (Å²) in [6.45, 7) is 2.66. The summed E-state index contributed by atoms with van der Waals surface area (Å²) in [4.78, 5) is 19.4. The maximum Gasteiger partial charge on any atom is 0.293 e. The van der Waals surface area contributed by atoms with E-state index in [1.165, 1.54) is 10.4 Å². The molecule has 1 amide bonds. The topological polar surface area (TPSA) is 61.9 Å². The highest BCUT2D eigenvalue weighted by Gasteiger charge is 2.28. The number of nitrogens with one attached hydrogen (secondary N) is 1. The summed E-state index contributed by atoms with van der Waals surface area (Å²) < 4.78 is 0. The molecule has 1 aliphatic rings. The van der Waals surface area contributed by atoms with Gasteiger partial charge in [-0.3, -0.25) is 9.89 Å². The number of H-pyrrole nitrogens is 1. The predicted molar refractivity (Wildman–Crippen MR) is 73.2 cm³/mol. The maximum atomic E-state index is 12.2. The van der Waals surface area contributed by atoms with Gasteiger partial charge in [-0.25, -0.2) is 4.98 Å². The van der Waals surface area contributed by atoms with Gasteiger partial charge >= 0.3 is 0 Å². The molecular formula is C13H16N4OS. The average Bonchev–Trinajstić information content (AvgIpc) is 3.00. The zero-order valence-electron chi connectivity index (χ0n) is 11.0. The molecule has 1 N–H and O–H groups in total. The van der Waals surface area contributed by atoms with Crippen molar-refractivity contribution in [2.45, 2.75) is 32.2 Å². The largest absolute Gasteiger partial charge is 0.334 e. The fourth-order valence-corrected chi connectivity index (χ4v) is 2.89. The first kappa shape index (κ1) is 12.3. The van der Waals surface area contributed by atoms with Gasteiger partial charge < -0.3 is 4.90 Å². The van der Waals surface area contributed by atoms with Crippen LogP contribution >= 0.6 is 11.3 Å². The van der Waals surface area contributed by atoms with Crippen LogP contribution in [0.15, 0.2) is 11.4 Å². The Morgan fingerprint density at radius 2 is 2.37 bits per heavy atom. The molecule has 0 bridgehead atoms. The van der Waals surface area contributed by atoms with Crippen molar-refractivity contribution in [3.63, 3.8) is 0 Å². The number of hydrogen-bond donors (Lipinski definition) is 1. The van der Waals surface area contributed by atoms with E-state index in [2.05, 4.69) is 28.2 Å². The van der Waals surface area contributed by atoms with Gasteiger partial charge in [0.05, 0.1) is 6.54 Å². The van der Waals surface area contributed by atoms with Crippen molar-refractivity contribution in [1.82, 2.24) is 20.1 Å². The van der Waals surface area contributed by atoms with E-state index in [4.69, 9.17) is 0 Å². The number of hydrogen-bond acceptors (Lipinski definition) is 4. The maximum absolute atomic E-state index is 12.2. The molecule has 100 valence electrons. The minimum Gasteiger partial charge on any atom is -0.334 e. The molecule has 2 heterocycles. The third-order valence-electron chi connectivity index (χ3n) is 3.35. The van der Waals surface area contributed by atoms with Crippen LogP contribution in [0.4, 0.5) is 0 Å². The molecule has 1 aliphatic carbocycles. The Hall–Kier alpha value is -1.69. The number of carbonyl (C=O) groups is 1. The summed E-state index contributed by atoms with van der Waals surface area (Å²) in [6.07, 6.45) is 2.29. The van der Waals surface area contributed by atoms with Crippen molar-refractivity contribution < 1.29 is 4.79 Å². The summed E-state index contributed by atoms with van der Waals surface area (Å²) in [5.41, 5.74) is 1.22. The molecule has 1 saturated carbocycles. The van der Waals surface area contributed by atoms with Crippen molar-refractivity contribution in [3.05, 3.63) is 33.5 Å². The molecule has 0 spiro atoms. The summed E-state index contributed by atoms with van der Waals surface area (Å²) in [7, 11) is 1.79. The van der Waals surface area contributed by atoms with Crippen LogP contribution < -0.4 is 0 Å². The van der Waals surface area contributed by atoms with E-state index in [0.29, 0.717) is 12.5 Å². The first-order valence-corrected chi connectivity index (χ1v) is 7.24. The highest BCUT2D eigenvalue weighted by Crippen LogP contribution is 2.37. The van der Waals surface area contributed by atoms with Gasteiger partial charge in [0, 0.05) is 17.8 Å². The molecule has 0 aromatic carbocycles. The second-order valence-electron chi connectivity index (χ2n) is 5.01. The zero-order chi connectivity index (χ0) is 13.4. The molecule has 0 atom stereocenters. The van der Waals surface area contributed by atoms with Crippen LogP contribution in [0.3, 0.4) is 0 Å². The summed E-state index contributed by atoms with van der Waals surface area (Å²) in [5, 5.41) is 8.94. The van der Waals surface area contributed by atoms with Crippen LogP contribution in [-0.4, -0.2) is 33.0 Å². The van der Waals surface area contributed by atoms with Gasteiger partial charge in [0.2, 0.25) is 5.82 Å². The average molecular weight is 276 g/mol. The molecule has 1 fully saturated rings. The molecule has 19 heavy (non-hydrogen) atoms. The molecular weight excluding hydrogens is 260 g/mol. The molecule has 0 saturated heterocycles. The van der Waals surface area contributed by atoms with Gasteiger partial charge in [-0.15, -0.1) is 16.4 Å². The van der Waals surface area contributed by atoms with Gasteiger partial charge in [0.15, 0.2) is 0 Å². The highest BCUT2D eigenvalue weighted by atomic mass is 32.1. The van der Waals surface area contributed by atoms with Crippen molar-refractivity contribution in [1.29, 1.82) is 0 Å². The van der Waals surface area contributed by atoms with E-state index in [-0.39, 0.29) is 11.7 Å². The van der Waals surface area contributed by atoms with E-state index in [1.54, 1.807) is 23.3 Å². The zero-order valence-corrected chi connectivity index (χ0v) is 11.8. The number of rotatable bonds is 4. The lowest BCUT2D eigenvalue weighted by atomic mass is 10.3. The van der Waals surface area contributed by atoms with Crippen LogP contribution in [0.1, 0.15) is 45.6 Å². The number of aryl methyl sites for hydroxylation is 1. The Balaban J connectivity index is 1.69. The Morgan fingerprint density at radius 1 is 1.58 bits per heavy atom. The first-order chi connectivity index (χ1) is 9.15. The van der Waals surface area contributed by atoms with Gasteiger partial charge in [0.25, 0.3) is 5.91 Å². The van der Waals surface area contributed by atoms with E-state index in [1.807, 2.05) is 5.38 Å². The van der Waals surface area contributed by atoms with Crippen LogP contribution in [0.25, 0.3) is 0 Å². The number of thiophene rings is 1. The molecule has 0 aliphatic heterocycles. The minimum absolute atomic E-state index is 0.129. The van der Waals surface area contributed by atoms with Gasteiger partial charge in [-0.1, -0.05) is 0 Å². The molecule has 2 aromatic heterocycles. The number of aromatic nitrogens is 3. The van der Waals surface area contributed by atoms with Crippen LogP contribution in [0.5, 0.6) is 0 Å². The molecule has 6 heteroatoms. The van der Waals surface area contributed by atoms with E-state index < -0.39 is 0 Å². The lowest BCUT2D eigenvalue weighted by Gasteiger charge is -2.14. The lowest BCUT2D eigenvalue weighted by Crippen LogP contribution is -2.27. The number of carbonyl (C=O) groups excluding carboxylic acids is 1. The summed E-state index contributed by atoms with van der Waals surface area (Å²) in [6, 6.07) is 2.07. The third-order valence-corrected chi connectivity index (χ3v) is 4.36. The summed E-state index contributed by atoms with van der Waals surface area (Å²) in [5.74, 6) is 1.48. The second kappa shape index (κ2) is 4.77. The van der Waals surface area contributed by atoms with Crippen LogP contribution in [-0.2, 0) is 6.54 Å². The minimum atomic E-state index is -0.129. The van der Waals surface area contributed by atoms with Crippen molar-refractivity contribution >= 4 is 17.2 Å². The van der Waals surface area contributed by atoms with Crippen LogP contribution in [0.2, 0.25) is 0 Å².